The molecule has 0 aliphatic carbocycles. The molecule has 0 saturated heterocycles. The first-order chi connectivity index (χ1) is 37.5. The SMILES string of the molecule is CCCCCCC/C=C\C/C=C\C/C=C\CCCCCCCCCCCCCCCCCCCCCCCCCCCCC(=O)NC(COP(=O)(O)OCC[N+](C)(C)C)C(O)CCCCCCCCCCCCCCCC. The number of aliphatic hydroxyl groups excluding tert-OH is 1. The molecule has 0 aromatic carbocycles. The van der Waals surface area contributed by atoms with Crippen LogP contribution in [0.5, 0.6) is 0 Å². The van der Waals surface area contributed by atoms with Crippen molar-refractivity contribution in [1.29, 1.82) is 0 Å². The number of hydrogen-bond donors (Lipinski definition) is 3. The molecule has 0 bridgehead atoms. The molecule has 0 heterocycles. The van der Waals surface area contributed by atoms with Gasteiger partial charge in [-0.15, -0.1) is 0 Å². The van der Waals surface area contributed by atoms with Crippen molar-refractivity contribution in [1.82, 2.24) is 5.32 Å². The first-order valence-corrected chi connectivity index (χ1v) is 35.3. The number of nitrogens with zero attached hydrogens (tertiary/aromatic N) is 1. The number of phosphoric acid groups is 1. The fourth-order valence-electron chi connectivity index (χ4n) is 10.4. The van der Waals surface area contributed by atoms with Crippen LogP contribution in [0.25, 0.3) is 0 Å². The summed E-state index contributed by atoms with van der Waals surface area (Å²) in [5, 5.41) is 14.1. The molecule has 0 rings (SSSR count). The standard InChI is InChI=1S/C68H133N2O6P/c1-6-8-10-12-14-16-18-20-22-23-24-25-26-27-28-29-30-31-32-33-34-35-36-37-38-39-40-41-42-43-44-45-46-47-48-50-52-54-56-58-60-62-68(72)69-66(65-76-77(73,74)75-64-63-70(3,4)5)67(71)61-59-57-55-53-51-49-21-19-17-15-13-11-9-7-2/h18,20,23-24,26-27,66-67,71H,6-17,19,21-22,25,28-65H2,1-5H3,(H-,69,72,73,74)/p+1/b20-18-,24-23-,27-26-. The number of nitrogens with one attached hydrogen (secondary N) is 1. The fraction of sp³-hybridized carbons (Fsp3) is 0.897. The Morgan fingerprint density at radius 3 is 1.08 bits per heavy atom. The van der Waals surface area contributed by atoms with Crippen molar-refractivity contribution in [2.45, 2.75) is 353 Å². The third-order valence-corrected chi connectivity index (χ3v) is 16.6. The topological polar surface area (TPSA) is 105 Å². The fourth-order valence-corrected chi connectivity index (χ4v) is 11.1. The summed E-state index contributed by atoms with van der Waals surface area (Å²) in [5.41, 5.74) is 0. The van der Waals surface area contributed by atoms with Crippen molar-refractivity contribution in [3.8, 4) is 0 Å². The summed E-state index contributed by atoms with van der Waals surface area (Å²) in [6.07, 6.45) is 78.3. The van der Waals surface area contributed by atoms with E-state index < -0.39 is 20.0 Å². The van der Waals surface area contributed by atoms with Gasteiger partial charge in [-0.2, -0.15) is 0 Å². The highest BCUT2D eigenvalue weighted by Gasteiger charge is 2.28. The Kier molecular flexibility index (Phi) is 58.4. The van der Waals surface area contributed by atoms with Crippen LogP contribution in [0.1, 0.15) is 341 Å². The molecule has 0 aromatic rings. The minimum atomic E-state index is -4.32. The first-order valence-electron chi connectivity index (χ1n) is 33.9. The zero-order valence-corrected chi connectivity index (χ0v) is 53.1. The van der Waals surface area contributed by atoms with E-state index in [1.165, 1.54) is 263 Å². The van der Waals surface area contributed by atoms with E-state index in [2.05, 4.69) is 55.6 Å². The Morgan fingerprint density at radius 1 is 0.442 bits per heavy atom. The van der Waals surface area contributed by atoms with Gasteiger partial charge in [-0.1, -0.05) is 320 Å². The molecule has 0 aromatic heterocycles. The van der Waals surface area contributed by atoms with Crippen LogP contribution in [0.3, 0.4) is 0 Å². The molecule has 0 aliphatic rings. The van der Waals surface area contributed by atoms with E-state index in [9.17, 15) is 19.4 Å². The van der Waals surface area contributed by atoms with E-state index in [-0.39, 0.29) is 19.1 Å². The van der Waals surface area contributed by atoms with Crippen LogP contribution in [-0.2, 0) is 18.4 Å². The van der Waals surface area contributed by atoms with Gasteiger partial charge in [0.05, 0.1) is 39.9 Å². The summed E-state index contributed by atoms with van der Waals surface area (Å²) in [6.45, 7) is 4.91. The highest BCUT2D eigenvalue weighted by Crippen LogP contribution is 2.43. The quantitative estimate of drug-likeness (QED) is 0.0243. The molecule has 8 nitrogen and oxygen atoms in total. The summed E-state index contributed by atoms with van der Waals surface area (Å²) in [4.78, 5) is 23.4. The number of unbranched alkanes of at least 4 members (excludes halogenated alkanes) is 44. The molecule has 0 fully saturated rings. The molecule has 3 N–H and O–H groups in total. The smallest absolute Gasteiger partial charge is 0.391 e. The number of allylic oxidation sites excluding steroid dienone is 6. The molecule has 0 saturated carbocycles. The van der Waals surface area contributed by atoms with Gasteiger partial charge >= 0.3 is 7.82 Å². The predicted octanol–water partition coefficient (Wildman–Crippen LogP) is 21.3. The van der Waals surface area contributed by atoms with E-state index in [0.717, 1.165) is 51.4 Å². The zero-order chi connectivity index (χ0) is 56.3. The van der Waals surface area contributed by atoms with Gasteiger partial charge in [0.15, 0.2) is 0 Å². The molecule has 456 valence electrons. The van der Waals surface area contributed by atoms with E-state index in [4.69, 9.17) is 9.05 Å². The highest BCUT2D eigenvalue weighted by atomic mass is 31.2. The number of likely N-dealkylation sites (N-methyl/N-ethyl adjacent to an activating group) is 1. The number of rotatable bonds is 63. The van der Waals surface area contributed by atoms with Gasteiger partial charge in [0, 0.05) is 6.42 Å². The largest absolute Gasteiger partial charge is 0.472 e. The van der Waals surface area contributed by atoms with Crippen molar-refractivity contribution >= 4 is 13.7 Å². The van der Waals surface area contributed by atoms with Crippen molar-refractivity contribution in [2.24, 2.45) is 0 Å². The Hall–Kier alpha value is -1.28. The molecule has 9 heteroatoms. The number of carbonyl (C=O) groups excluding carboxylic acids is 1. The summed E-state index contributed by atoms with van der Waals surface area (Å²) < 4.78 is 23.8. The molecular formula is C68H134N2O6P+. The van der Waals surface area contributed by atoms with Crippen LogP contribution in [0.2, 0.25) is 0 Å². The molecule has 0 aliphatic heterocycles. The summed E-state index contributed by atoms with van der Waals surface area (Å²) >= 11 is 0. The minimum absolute atomic E-state index is 0.0772. The van der Waals surface area contributed by atoms with E-state index in [0.29, 0.717) is 23.9 Å². The molecule has 3 unspecified atom stereocenters. The summed E-state index contributed by atoms with van der Waals surface area (Å²) in [7, 11) is 1.63. The van der Waals surface area contributed by atoms with E-state index >= 15 is 0 Å². The van der Waals surface area contributed by atoms with Gasteiger partial charge < -0.3 is 19.8 Å². The Balaban J connectivity index is 3.82. The van der Waals surface area contributed by atoms with Crippen LogP contribution in [0, 0.1) is 0 Å². The highest BCUT2D eigenvalue weighted by molar-refractivity contribution is 7.47. The predicted molar refractivity (Wildman–Crippen MR) is 337 cm³/mol. The van der Waals surface area contributed by atoms with Crippen LogP contribution in [0.15, 0.2) is 36.5 Å². The maximum atomic E-state index is 13.0. The number of amides is 1. The number of aliphatic hydroxyl groups is 1. The second kappa shape index (κ2) is 59.3. The Bertz CT molecular complexity index is 1350. The van der Waals surface area contributed by atoms with Crippen LogP contribution in [-0.4, -0.2) is 73.4 Å². The molecule has 3 atom stereocenters. The summed E-state index contributed by atoms with van der Waals surface area (Å²) in [5.74, 6) is -0.138. The van der Waals surface area contributed by atoms with Crippen molar-refractivity contribution in [3.63, 3.8) is 0 Å². The number of carbonyl (C=O) groups is 1. The molecule has 1 amide bonds. The minimum Gasteiger partial charge on any atom is -0.391 e. The van der Waals surface area contributed by atoms with Crippen molar-refractivity contribution in [3.05, 3.63) is 36.5 Å². The Labute approximate surface area is 480 Å². The van der Waals surface area contributed by atoms with Crippen LogP contribution in [0.4, 0.5) is 0 Å². The lowest BCUT2D eigenvalue weighted by molar-refractivity contribution is -0.870. The lowest BCUT2D eigenvalue weighted by Crippen LogP contribution is -2.46. The second-order valence-electron chi connectivity index (χ2n) is 24.6. The average molecular weight is 1110 g/mol. The lowest BCUT2D eigenvalue weighted by atomic mass is 10.0. The third-order valence-electron chi connectivity index (χ3n) is 15.6. The molecule has 0 spiro atoms. The second-order valence-corrected chi connectivity index (χ2v) is 26.0. The average Bonchev–Trinajstić information content (AvgIpc) is 3.39. The molecular weight excluding hydrogens is 972 g/mol. The van der Waals surface area contributed by atoms with Gasteiger partial charge in [-0.25, -0.2) is 4.57 Å². The van der Waals surface area contributed by atoms with Gasteiger partial charge in [0.1, 0.15) is 13.2 Å². The maximum Gasteiger partial charge on any atom is 0.472 e. The third kappa shape index (κ3) is 62.2. The van der Waals surface area contributed by atoms with Gasteiger partial charge in [0.2, 0.25) is 5.91 Å². The summed E-state index contributed by atoms with van der Waals surface area (Å²) in [6, 6.07) is -0.758. The first kappa shape index (κ1) is 75.7. The molecule has 0 radical (unpaired) electrons. The van der Waals surface area contributed by atoms with Gasteiger partial charge in [-0.05, 0) is 51.4 Å². The van der Waals surface area contributed by atoms with Gasteiger partial charge in [0.25, 0.3) is 0 Å². The van der Waals surface area contributed by atoms with Crippen molar-refractivity contribution in [2.75, 3.05) is 40.9 Å². The van der Waals surface area contributed by atoms with Crippen molar-refractivity contribution < 1.29 is 32.9 Å². The maximum absolute atomic E-state index is 13.0. The number of phosphoric ester groups is 1. The zero-order valence-electron chi connectivity index (χ0n) is 52.2. The van der Waals surface area contributed by atoms with Gasteiger partial charge in [-0.3, -0.25) is 13.8 Å². The monoisotopic (exact) mass is 1110 g/mol. The normalized spacial score (nSPS) is 13.9. The van der Waals surface area contributed by atoms with Crippen LogP contribution >= 0.6 is 7.82 Å². The van der Waals surface area contributed by atoms with E-state index in [1.807, 2.05) is 21.1 Å². The number of quaternary nitrogens is 1. The number of hydrogen-bond acceptors (Lipinski definition) is 5. The Morgan fingerprint density at radius 2 is 0.740 bits per heavy atom. The van der Waals surface area contributed by atoms with Crippen LogP contribution < -0.4 is 5.32 Å². The molecule has 77 heavy (non-hydrogen) atoms. The van der Waals surface area contributed by atoms with E-state index in [1.54, 1.807) is 0 Å². The lowest BCUT2D eigenvalue weighted by Gasteiger charge is -2.26.